The highest BCUT2D eigenvalue weighted by Gasteiger charge is 2.20. The topological polar surface area (TPSA) is 47.6 Å². The zero-order valence-corrected chi connectivity index (χ0v) is 18.3. The van der Waals surface area contributed by atoms with Crippen LogP contribution in [0.15, 0.2) is 77.3 Å². The molecule has 3 aromatic rings. The molecular formula is C24H24BrNO3. The number of ether oxygens (including phenoxy) is 2. The molecule has 5 heteroatoms. The highest BCUT2D eigenvalue weighted by atomic mass is 79.9. The van der Waals surface area contributed by atoms with Crippen molar-refractivity contribution in [1.82, 2.24) is 0 Å². The van der Waals surface area contributed by atoms with Gasteiger partial charge in [0.25, 0.3) is 5.91 Å². The van der Waals surface area contributed by atoms with Crippen LogP contribution in [0, 0.1) is 0 Å². The van der Waals surface area contributed by atoms with Gasteiger partial charge in [0.2, 0.25) is 0 Å². The fourth-order valence-corrected chi connectivity index (χ4v) is 3.15. The van der Waals surface area contributed by atoms with Gasteiger partial charge in [-0.25, -0.2) is 0 Å². The number of rotatable bonds is 6. The maximum Gasteiger partial charge on any atom is 0.262 e. The first-order valence-corrected chi connectivity index (χ1v) is 10.2. The molecule has 0 saturated carbocycles. The molecule has 0 fully saturated rings. The molecule has 0 saturated heterocycles. The van der Waals surface area contributed by atoms with Crippen molar-refractivity contribution in [1.29, 1.82) is 0 Å². The van der Waals surface area contributed by atoms with Crippen LogP contribution in [0.25, 0.3) is 0 Å². The average Bonchev–Trinajstić information content (AvgIpc) is 2.68. The molecule has 0 aromatic heterocycles. The molecule has 0 atom stereocenters. The highest BCUT2D eigenvalue weighted by molar-refractivity contribution is 9.10. The van der Waals surface area contributed by atoms with Crippen molar-refractivity contribution in [2.24, 2.45) is 0 Å². The molecule has 3 aromatic carbocycles. The SMILES string of the molecule is CC(C)(C)c1cc(Br)ccc1OCC(=O)Nc1ccc(Oc2ccccc2)cc1. The lowest BCUT2D eigenvalue weighted by molar-refractivity contribution is -0.118. The molecule has 0 radical (unpaired) electrons. The van der Waals surface area contributed by atoms with Crippen LogP contribution in [-0.2, 0) is 10.2 Å². The number of halogens is 1. The number of para-hydroxylation sites is 1. The van der Waals surface area contributed by atoms with E-state index in [0.29, 0.717) is 17.2 Å². The zero-order valence-electron chi connectivity index (χ0n) is 16.7. The number of carbonyl (C=O) groups is 1. The molecule has 150 valence electrons. The summed E-state index contributed by atoms with van der Waals surface area (Å²) in [5.74, 6) is 1.96. The second kappa shape index (κ2) is 9.14. The van der Waals surface area contributed by atoms with Crippen LogP contribution in [0.1, 0.15) is 26.3 Å². The molecule has 1 N–H and O–H groups in total. The molecule has 0 bridgehead atoms. The van der Waals surface area contributed by atoms with Crippen LogP contribution in [-0.4, -0.2) is 12.5 Å². The van der Waals surface area contributed by atoms with Crippen LogP contribution < -0.4 is 14.8 Å². The van der Waals surface area contributed by atoms with E-state index in [0.717, 1.165) is 15.8 Å². The fourth-order valence-electron chi connectivity index (χ4n) is 2.79. The molecule has 29 heavy (non-hydrogen) atoms. The van der Waals surface area contributed by atoms with Crippen molar-refractivity contribution >= 4 is 27.5 Å². The van der Waals surface area contributed by atoms with E-state index in [2.05, 4.69) is 42.0 Å². The van der Waals surface area contributed by atoms with Crippen LogP contribution in [0.3, 0.4) is 0 Å². The van der Waals surface area contributed by atoms with Crippen LogP contribution >= 0.6 is 15.9 Å². The quantitative estimate of drug-likeness (QED) is 0.459. The van der Waals surface area contributed by atoms with Gasteiger partial charge in [0.05, 0.1) is 0 Å². The summed E-state index contributed by atoms with van der Waals surface area (Å²) in [4.78, 5) is 12.3. The Morgan fingerprint density at radius 3 is 2.24 bits per heavy atom. The maximum absolute atomic E-state index is 12.3. The number of amides is 1. The minimum atomic E-state index is -0.218. The molecule has 0 heterocycles. The first kappa shape index (κ1) is 20.9. The van der Waals surface area contributed by atoms with Crippen LogP contribution in [0.2, 0.25) is 0 Å². The maximum atomic E-state index is 12.3. The van der Waals surface area contributed by atoms with Gasteiger partial charge in [-0.15, -0.1) is 0 Å². The lowest BCUT2D eigenvalue weighted by Crippen LogP contribution is -2.22. The summed E-state index contributed by atoms with van der Waals surface area (Å²) >= 11 is 3.49. The van der Waals surface area contributed by atoms with Gasteiger partial charge < -0.3 is 14.8 Å². The second-order valence-electron chi connectivity index (χ2n) is 7.67. The number of benzene rings is 3. The average molecular weight is 454 g/mol. The van der Waals surface area contributed by atoms with Crippen LogP contribution in [0.4, 0.5) is 5.69 Å². The van der Waals surface area contributed by atoms with E-state index in [1.54, 1.807) is 12.1 Å². The van der Waals surface area contributed by atoms with E-state index in [1.807, 2.05) is 60.7 Å². The Labute approximate surface area is 180 Å². The van der Waals surface area contributed by atoms with Crippen molar-refractivity contribution in [3.8, 4) is 17.2 Å². The van der Waals surface area contributed by atoms with Gasteiger partial charge in [-0.1, -0.05) is 54.9 Å². The predicted molar refractivity (Wildman–Crippen MR) is 120 cm³/mol. The molecule has 4 nitrogen and oxygen atoms in total. The molecular weight excluding hydrogens is 430 g/mol. The van der Waals surface area contributed by atoms with Gasteiger partial charge in [-0.05, 0) is 60.0 Å². The molecule has 0 spiro atoms. The van der Waals surface area contributed by atoms with E-state index < -0.39 is 0 Å². The van der Waals surface area contributed by atoms with E-state index in [4.69, 9.17) is 9.47 Å². The Balaban J connectivity index is 1.58. The highest BCUT2D eigenvalue weighted by Crippen LogP contribution is 2.33. The third-order valence-electron chi connectivity index (χ3n) is 4.23. The smallest absolute Gasteiger partial charge is 0.262 e. The second-order valence-corrected chi connectivity index (χ2v) is 8.58. The lowest BCUT2D eigenvalue weighted by Gasteiger charge is -2.23. The van der Waals surface area contributed by atoms with Gasteiger partial charge in [0, 0.05) is 15.7 Å². The van der Waals surface area contributed by atoms with E-state index in [1.165, 1.54) is 0 Å². The number of anilines is 1. The van der Waals surface area contributed by atoms with E-state index >= 15 is 0 Å². The Kier molecular flexibility index (Phi) is 6.60. The number of hydrogen-bond donors (Lipinski definition) is 1. The minimum absolute atomic E-state index is 0.0625. The van der Waals surface area contributed by atoms with Crippen molar-refractivity contribution in [3.63, 3.8) is 0 Å². The third-order valence-corrected chi connectivity index (χ3v) is 4.72. The summed E-state index contributed by atoms with van der Waals surface area (Å²) < 4.78 is 12.5. The lowest BCUT2D eigenvalue weighted by atomic mass is 9.86. The fraction of sp³-hybridized carbons (Fsp3) is 0.208. The summed E-state index contributed by atoms with van der Waals surface area (Å²) in [7, 11) is 0. The Bertz CT molecular complexity index is 964. The summed E-state index contributed by atoms with van der Waals surface area (Å²) in [6.45, 7) is 6.27. The first-order valence-electron chi connectivity index (χ1n) is 9.37. The number of carbonyl (C=O) groups excluding carboxylic acids is 1. The normalized spacial score (nSPS) is 11.0. The van der Waals surface area contributed by atoms with Gasteiger partial charge in [-0.3, -0.25) is 4.79 Å². The van der Waals surface area contributed by atoms with E-state index in [9.17, 15) is 4.79 Å². The van der Waals surface area contributed by atoms with E-state index in [-0.39, 0.29) is 17.9 Å². The Morgan fingerprint density at radius 2 is 1.59 bits per heavy atom. The summed E-state index contributed by atoms with van der Waals surface area (Å²) in [6, 6.07) is 22.6. The van der Waals surface area contributed by atoms with Gasteiger partial charge in [0.15, 0.2) is 6.61 Å². The number of nitrogens with one attached hydrogen (secondary N) is 1. The summed E-state index contributed by atoms with van der Waals surface area (Å²) in [6.07, 6.45) is 0. The number of hydrogen-bond acceptors (Lipinski definition) is 3. The van der Waals surface area contributed by atoms with Gasteiger partial charge in [0.1, 0.15) is 17.2 Å². The zero-order chi connectivity index (χ0) is 20.9. The molecule has 0 aliphatic heterocycles. The van der Waals surface area contributed by atoms with Crippen molar-refractivity contribution < 1.29 is 14.3 Å². The monoisotopic (exact) mass is 453 g/mol. The standard InChI is InChI=1S/C24H24BrNO3/c1-24(2,3)21-15-17(25)9-14-22(21)28-16-23(27)26-18-10-12-20(13-11-18)29-19-7-5-4-6-8-19/h4-15H,16H2,1-3H3,(H,26,27). The minimum Gasteiger partial charge on any atom is -0.483 e. The van der Waals surface area contributed by atoms with Gasteiger partial charge >= 0.3 is 0 Å². The Morgan fingerprint density at radius 1 is 0.931 bits per heavy atom. The molecule has 3 rings (SSSR count). The van der Waals surface area contributed by atoms with Crippen LogP contribution in [0.5, 0.6) is 17.2 Å². The first-order chi connectivity index (χ1) is 13.8. The summed E-state index contributed by atoms with van der Waals surface area (Å²) in [5.41, 5.74) is 1.64. The van der Waals surface area contributed by atoms with Crippen molar-refractivity contribution in [2.45, 2.75) is 26.2 Å². The van der Waals surface area contributed by atoms with Gasteiger partial charge in [-0.2, -0.15) is 0 Å². The molecule has 0 aliphatic carbocycles. The molecule has 0 aliphatic rings. The van der Waals surface area contributed by atoms with Crippen molar-refractivity contribution in [2.75, 3.05) is 11.9 Å². The predicted octanol–water partition coefficient (Wildman–Crippen LogP) is 6.56. The van der Waals surface area contributed by atoms with Crippen molar-refractivity contribution in [3.05, 3.63) is 82.8 Å². The summed E-state index contributed by atoms with van der Waals surface area (Å²) in [5, 5.41) is 2.84. The Hall–Kier alpha value is -2.79. The largest absolute Gasteiger partial charge is 0.483 e. The molecule has 1 amide bonds. The third kappa shape index (κ3) is 6.09. The molecule has 0 unspecified atom stereocenters.